The summed E-state index contributed by atoms with van der Waals surface area (Å²) in [5, 5.41) is 0. The maximum atomic E-state index is 6.61. The number of terminal acetylenes is 1. The van der Waals surface area contributed by atoms with Crippen LogP contribution in [0.5, 0.6) is 0 Å². The second-order valence-electron chi connectivity index (χ2n) is 7.92. The number of hydrogen-bond donors (Lipinski definition) is 0. The molecule has 23 heavy (non-hydrogen) atoms. The molecule has 0 saturated heterocycles. The fourth-order valence-electron chi connectivity index (χ4n) is 3.87. The summed E-state index contributed by atoms with van der Waals surface area (Å²) in [5.41, 5.74) is 1.12. The Labute approximate surface area is 144 Å². The van der Waals surface area contributed by atoms with Crippen molar-refractivity contribution in [3.63, 3.8) is 0 Å². The third-order valence-corrected chi connectivity index (χ3v) is 5.83. The molecule has 0 heterocycles. The van der Waals surface area contributed by atoms with Crippen molar-refractivity contribution in [1.82, 2.24) is 0 Å². The van der Waals surface area contributed by atoms with E-state index >= 15 is 0 Å². The molecule has 1 aromatic rings. The lowest BCUT2D eigenvalue weighted by molar-refractivity contribution is 0.0444. The summed E-state index contributed by atoms with van der Waals surface area (Å²) in [6.07, 6.45) is 15.6. The molecule has 2 heteroatoms. The van der Waals surface area contributed by atoms with Crippen LogP contribution in [0.2, 0.25) is 19.6 Å². The van der Waals surface area contributed by atoms with Crippen LogP contribution in [0.4, 0.5) is 0 Å². The largest absolute Gasteiger partial charge is 0.401 e. The highest BCUT2D eigenvalue weighted by molar-refractivity contribution is 6.69. The third-order valence-electron chi connectivity index (χ3n) is 4.85. The minimum absolute atomic E-state index is 0.308. The van der Waals surface area contributed by atoms with Gasteiger partial charge in [-0.1, -0.05) is 49.1 Å². The minimum Gasteiger partial charge on any atom is -0.401 e. The van der Waals surface area contributed by atoms with Crippen molar-refractivity contribution in [2.75, 3.05) is 0 Å². The quantitative estimate of drug-likeness (QED) is 0.363. The summed E-state index contributed by atoms with van der Waals surface area (Å²) in [6, 6.07) is 10.8. The van der Waals surface area contributed by atoms with E-state index in [1.165, 1.54) is 44.1 Å². The molecule has 0 aliphatic heterocycles. The van der Waals surface area contributed by atoms with E-state index in [1.54, 1.807) is 0 Å². The maximum Gasteiger partial charge on any atom is 0.185 e. The molecule has 1 aromatic carbocycles. The summed E-state index contributed by atoms with van der Waals surface area (Å²) in [6.45, 7) is 6.79. The van der Waals surface area contributed by atoms with Crippen LogP contribution in [0.1, 0.15) is 50.5 Å². The van der Waals surface area contributed by atoms with Gasteiger partial charge in [-0.3, -0.25) is 0 Å². The molecule has 0 amide bonds. The third kappa shape index (κ3) is 5.51. The van der Waals surface area contributed by atoms with E-state index in [2.05, 4.69) is 55.9 Å². The van der Waals surface area contributed by atoms with Crippen LogP contribution in [-0.4, -0.2) is 13.9 Å². The van der Waals surface area contributed by atoms with Crippen LogP contribution in [0.15, 0.2) is 30.3 Å². The monoisotopic (exact) mass is 328 g/mol. The zero-order valence-corrected chi connectivity index (χ0v) is 16.1. The van der Waals surface area contributed by atoms with Gasteiger partial charge in [0, 0.05) is 0 Å². The zero-order chi connectivity index (χ0) is 16.8. The zero-order valence-electron chi connectivity index (χ0n) is 15.1. The topological polar surface area (TPSA) is 9.23 Å². The molecule has 0 radical (unpaired) electrons. The van der Waals surface area contributed by atoms with Crippen molar-refractivity contribution >= 4 is 8.32 Å². The highest BCUT2D eigenvalue weighted by atomic mass is 28.4. The highest BCUT2D eigenvalue weighted by Gasteiger charge is 2.41. The summed E-state index contributed by atoms with van der Waals surface area (Å²) in [7, 11) is -1.65. The van der Waals surface area contributed by atoms with Gasteiger partial charge in [0.25, 0.3) is 0 Å². The summed E-state index contributed by atoms with van der Waals surface area (Å²) < 4.78 is 6.61. The molecule has 2 atom stereocenters. The first-order valence-electron chi connectivity index (χ1n) is 9.17. The lowest BCUT2D eigenvalue weighted by Gasteiger charge is -2.40. The average molecular weight is 329 g/mol. The average Bonchev–Trinajstić information content (AvgIpc) is 2.70. The van der Waals surface area contributed by atoms with Gasteiger partial charge in [0.1, 0.15) is 5.60 Å². The molecule has 1 aliphatic carbocycles. The first-order valence-corrected chi connectivity index (χ1v) is 12.6. The van der Waals surface area contributed by atoms with Gasteiger partial charge in [-0.25, -0.2) is 0 Å². The summed E-state index contributed by atoms with van der Waals surface area (Å²) >= 11 is 0. The molecule has 1 nitrogen and oxygen atoms in total. The summed E-state index contributed by atoms with van der Waals surface area (Å²) in [4.78, 5) is 0. The van der Waals surface area contributed by atoms with E-state index in [1.807, 2.05) is 0 Å². The molecule has 0 N–H and O–H groups in total. The van der Waals surface area contributed by atoms with Gasteiger partial charge in [-0.05, 0) is 69.6 Å². The Morgan fingerprint density at radius 3 is 2.57 bits per heavy atom. The van der Waals surface area contributed by atoms with E-state index in [-0.39, 0.29) is 5.60 Å². The minimum atomic E-state index is -1.65. The highest BCUT2D eigenvalue weighted by Crippen LogP contribution is 2.40. The Balaban J connectivity index is 2.03. The first-order chi connectivity index (χ1) is 11.0. The lowest BCUT2D eigenvalue weighted by atomic mass is 9.80. The Hall–Kier alpha value is -1.04. The van der Waals surface area contributed by atoms with Gasteiger partial charge >= 0.3 is 0 Å². The van der Waals surface area contributed by atoms with Crippen molar-refractivity contribution in [2.45, 2.75) is 76.6 Å². The molecular weight excluding hydrogens is 296 g/mol. The van der Waals surface area contributed by atoms with Gasteiger partial charge in [0.05, 0.1) is 0 Å². The van der Waals surface area contributed by atoms with Crippen LogP contribution in [-0.2, 0) is 10.8 Å². The Morgan fingerprint density at radius 1 is 1.17 bits per heavy atom. The molecule has 1 saturated carbocycles. The van der Waals surface area contributed by atoms with Gasteiger partial charge in [0.2, 0.25) is 0 Å². The van der Waals surface area contributed by atoms with E-state index < -0.39 is 8.32 Å². The van der Waals surface area contributed by atoms with Crippen molar-refractivity contribution in [3.05, 3.63) is 35.9 Å². The number of rotatable bonds is 6. The van der Waals surface area contributed by atoms with E-state index in [0.29, 0.717) is 5.92 Å². The number of aryl methyl sites for hydroxylation is 1. The molecular formula is C21H32OSi. The SMILES string of the molecule is C#C[C@]1(O[Si](C)(C)C)CCCCC[C@@H]1CCCc1ccccc1. The van der Waals surface area contributed by atoms with Crippen molar-refractivity contribution in [1.29, 1.82) is 0 Å². The molecule has 0 spiro atoms. The van der Waals surface area contributed by atoms with Gasteiger partial charge in [0.15, 0.2) is 8.32 Å². The fraction of sp³-hybridized carbons (Fsp3) is 0.619. The molecule has 2 rings (SSSR count). The van der Waals surface area contributed by atoms with Gasteiger partial charge < -0.3 is 4.43 Å². The smallest absolute Gasteiger partial charge is 0.185 e. The van der Waals surface area contributed by atoms with Crippen LogP contribution >= 0.6 is 0 Å². The maximum absolute atomic E-state index is 6.61. The van der Waals surface area contributed by atoms with Crippen LogP contribution in [0.3, 0.4) is 0 Å². The Bertz CT molecular complexity index is 511. The number of benzene rings is 1. The second-order valence-corrected chi connectivity index (χ2v) is 12.4. The van der Waals surface area contributed by atoms with E-state index in [4.69, 9.17) is 10.8 Å². The van der Waals surface area contributed by atoms with Crippen molar-refractivity contribution in [3.8, 4) is 12.3 Å². The predicted octanol–water partition coefficient (Wildman–Crippen LogP) is 5.81. The van der Waals surface area contributed by atoms with Crippen LogP contribution in [0, 0.1) is 18.3 Å². The van der Waals surface area contributed by atoms with E-state index in [9.17, 15) is 0 Å². The van der Waals surface area contributed by atoms with Gasteiger partial charge in [-0.2, -0.15) is 0 Å². The molecule has 0 bridgehead atoms. The van der Waals surface area contributed by atoms with Crippen molar-refractivity contribution in [2.24, 2.45) is 5.92 Å². The molecule has 0 aromatic heterocycles. The van der Waals surface area contributed by atoms with Gasteiger partial charge in [-0.15, -0.1) is 6.42 Å². The predicted molar refractivity (Wildman–Crippen MR) is 102 cm³/mol. The van der Waals surface area contributed by atoms with E-state index in [0.717, 1.165) is 12.8 Å². The molecule has 126 valence electrons. The molecule has 1 fully saturated rings. The Kier molecular flexibility index (Phi) is 6.50. The first kappa shape index (κ1) is 18.3. The second kappa shape index (κ2) is 8.17. The lowest BCUT2D eigenvalue weighted by Crippen LogP contribution is -2.46. The Morgan fingerprint density at radius 2 is 1.91 bits per heavy atom. The van der Waals surface area contributed by atoms with Crippen LogP contribution < -0.4 is 0 Å². The van der Waals surface area contributed by atoms with Crippen molar-refractivity contribution < 1.29 is 4.43 Å². The van der Waals surface area contributed by atoms with Crippen LogP contribution in [0.25, 0.3) is 0 Å². The number of hydrogen-bond acceptors (Lipinski definition) is 1. The fourth-order valence-corrected chi connectivity index (χ4v) is 5.29. The molecule has 1 aliphatic rings. The normalized spacial score (nSPS) is 25.6. The standard InChI is InChI=1S/C21H32OSi/c1-5-21(22-23(2,3)4)18-11-7-10-16-20(21)17-12-15-19-13-8-6-9-14-19/h1,6,8-9,13-14,20H,7,10-12,15-18H2,2-4H3/t20-,21+/m1/s1. The summed E-state index contributed by atoms with van der Waals surface area (Å²) in [5.74, 6) is 3.64. The molecule has 0 unspecified atom stereocenters.